The number of halogens is 3. The van der Waals surface area contributed by atoms with E-state index < -0.39 is 11.7 Å². The number of aliphatic hydroxyl groups excluding tert-OH is 1. The van der Waals surface area contributed by atoms with Crippen molar-refractivity contribution in [3.63, 3.8) is 0 Å². The minimum atomic E-state index is -4.45. The van der Waals surface area contributed by atoms with Crippen LogP contribution in [0.25, 0.3) is 0 Å². The highest BCUT2D eigenvalue weighted by Gasteiger charge is 2.35. The molecule has 0 spiro atoms. The lowest BCUT2D eigenvalue weighted by Gasteiger charge is -2.18. The van der Waals surface area contributed by atoms with Crippen LogP contribution < -0.4 is 9.47 Å². The molecule has 0 atom stereocenters. The fourth-order valence-electron chi connectivity index (χ4n) is 1.76. The van der Waals surface area contributed by atoms with Crippen LogP contribution in [0.5, 0.6) is 11.5 Å². The molecule has 0 radical (unpaired) electrons. The summed E-state index contributed by atoms with van der Waals surface area (Å²) in [7, 11) is 2.65. The molecule has 18 heavy (non-hydrogen) atoms. The van der Waals surface area contributed by atoms with Crippen LogP contribution in [-0.4, -0.2) is 25.9 Å². The van der Waals surface area contributed by atoms with Crippen LogP contribution in [0.2, 0.25) is 0 Å². The molecule has 102 valence electrons. The summed E-state index contributed by atoms with van der Waals surface area (Å²) >= 11 is 0. The van der Waals surface area contributed by atoms with Gasteiger partial charge in [0, 0.05) is 12.2 Å². The fourth-order valence-corrected chi connectivity index (χ4v) is 1.76. The molecule has 1 aromatic carbocycles. The molecule has 0 fully saturated rings. The Bertz CT molecular complexity index is 402. The summed E-state index contributed by atoms with van der Waals surface area (Å²) < 4.78 is 48.6. The van der Waals surface area contributed by atoms with Crippen LogP contribution in [0.3, 0.4) is 0 Å². The van der Waals surface area contributed by atoms with Crippen LogP contribution >= 0.6 is 0 Å². The summed E-state index contributed by atoms with van der Waals surface area (Å²) in [6, 6.07) is 2.19. The van der Waals surface area contributed by atoms with E-state index in [0.29, 0.717) is 0 Å². The van der Waals surface area contributed by atoms with Gasteiger partial charge in [0.1, 0.15) is 0 Å². The van der Waals surface area contributed by atoms with E-state index in [2.05, 4.69) is 0 Å². The SMILES string of the molecule is COc1ccc(C(F)(F)F)c(CCCO)c1OC. The van der Waals surface area contributed by atoms with Gasteiger partial charge in [-0.1, -0.05) is 0 Å². The summed E-state index contributed by atoms with van der Waals surface area (Å²) in [6.07, 6.45) is -4.15. The quantitative estimate of drug-likeness (QED) is 0.888. The first-order valence-corrected chi connectivity index (χ1v) is 5.37. The van der Waals surface area contributed by atoms with Crippen LogP contribution in [0.1, 0.15) is 17.5 Å². The highest BCUT2D eigenvalue weighted by atomic mass is 19.4. The first kappa shape index (κ1) is 14.6. The lowest BCUT2D eigenvalue weighted by Crippen LogP contribution is -2.11. The molecule has 0 aromatic heterocycles. The van der Waals surface area contributed by atoms with Gasteiger partial charge >= 0.3 is 6.18 Å². The van der Waals surface area contributed by atoms with Gasteiger partial charge in [0.25, 0.3) is 0 Å². The summed E-state index contributed by atoms with van der Waals surface area (Å²) in [5, 5.41) is 8.76. The van der Waals surface area contributed by atoms with Gasteiger partial charge in [-0.3, -0.25) is 0 Å². The van der Waals surface area contributed by atoms with Crippen molar-refractivity contribution >= 4 is 0 Å². The lowest BCUT2D eigenvalue weighted by atomic mass is 10.0. The summed E-state index contributed by atoms with van der Waals surface area (Å²) in [4.78, 5) is 0. The van der Waals surface area contributed by atoms with E-state index in [-0.39, 0.29) is 36.5 Å². The third kappa shape index (κ3) is 3.07. The molecule has 3 nitrogen and oxygen atoms in total. The van der Waals surface area contributed by atoms with Crippen molar-refractivity contribution in [1.82, 2.24) is 0 Å². The molecule has 0 aliphatic carbocycles. The molecule has 1 aromatic rings. The molecule has 0 saturated heterocycles. The van der Waals surface area contributed by atoms with E-state index in [1.807, 2.05) is 0 Å². The highest BCUT2D eigenvalue weighted by molar-refractivity contribution is 5.51. The van der Waals surface area contributed by atoms with Gasteiger partial charge in [-0.25, -0.2) is 0 Å². The predicted octanol–water partition coefficient (Wildman–Crippen LogP) is 2.65. The van der Waals surface area contributed by atoms with Crippen molar-refractivity contribution in [2.75, 3.05) is 20.8 Å². The second-order valence-corrected chi connectivity index (χ2v) is 3.65. The molecule has 1 rings (SSSR count). The van der Waals surface area contributed by atoms with Crippen molar-refractivity contribution in [1.29, 1.82) is 0 Å². The molecular weight excluding hydrogens is 249 g/mol. The molecule has 0 saturated carbocycles. The predicted molar refractivity (Wildman–Crippen MR) is 60.0 cm³/mol. The number of hydrogen-bond donors (Lipinski definition) is 1. The number of methoxy groups -OCH3 is 2. The fraction of sp³-hybridized carbons (Fsp3) is 0.500. The van der Waals surface area contributed by atoms with Gasteiger partial charge in [0.2, 0.25) is 0 Å². The molecule has 0 aliphatic rings. The van der Waals surface area contributed by atoms with Gasteiger partial charge in [-0.2, -0.15) is 13.2 Å². The Hall–Kier alpha value is -1.43. The van der Waals surface area contributed by atoms with E-state index in [1.54, 1.807) is 0 Å². The van der Waals surface area contributed by atoms with Gasteiger partial charge in [-0.05, 0) is 25.0 Å². The number of aliphatic hydroxyl groups is 1. The topological polar surface area (TPSA) is 38.7 Å². The minimum Gasteiger partial charge on any atom is -0.493 e. The second-order valence-electron chi connectivity index (χ2n) is 3.65. The molecule has 0 amide bonds. The van der Waals surface area contributed by atoms with Gasteiger partial charge in [0.05, 0.1) is 19.8 Å². The van der Waals surface area contributed by atoms with Crippen LogP contribution in [0, 0.1) is 0 Å². The zero-order chi connectivity index (χ0) is 13.8. The maximum absolute atomic E-state index is 12.9. The van der Waals surface area contributed by atoms with Gasteiger partial charge in [0.15, 0.2) is 11.5 Å². The summed E-state index contributed by atoms with van der Waals surface area (Å²) in [5.74, 6) is 0.319. The molecule has 0 aliphatic heterocycles. The Morgan fingerprint density at radius 3 is 2.28 bits per heavy atom. The number of benzene rings is 1. The number of hydrogen-bond acceptors (Lipinski definition) is 3. The van der Waals surface area contributed by atoms with Crippen LogP contribution in [-0.2, 0) is 12.6 Å². The third-order valence-electron chi connectivity index (χ3n) is 2.54. The number of ether oxygens (including phenoxy) is 2. The average Bonchev–Trinajstić information content (AvgIpc) is 2.33. The van der Waals surface area contributed by atoms with Crippen LogP contribution in [0.15, 0.2) is 12.1 Å². The largest absolute Gasteiger partial charge is 0.493 e. The zero-order valence-corrected chi connectivity index (χ0v) is 10.2. The van der Waals surface area contributed by atoms with Gasteiger partial charge in [-0.15, -0.1) is 0 Å². The van der Waals surface area contributed by atoms with E-state index in [0.717, 1.165) is 6.07 Å². The first-order chi connectivity index (χ1) is 8.45. The summed E-state index contributed by atoms with van der Waals surface area (Å²) in [6.45, 7) is -0.183. The Kier molecular flexibility index (Phi) is 4.84. The molecular formula is C12H15F3O3. The molecule has 6 heteroatoms. The Morgan fingerprint density at radius 2 is 1.83 bits per heavy atom. The van der Waals surface area contributed by atoms with Gasteiger partial charge < -0.3 is 14.6 Å². The van der Waals surface area contributed by atoms with Crippen molar-refractivity contribution < 1.29 is 27.8 Å². The Balaban J connectivity index is 3.34. The van der Waals surface area contributed by atoms with Crippen molar-refractivity contribution in [3.05, 3.63) is 23.3 Å². The first-order valence-electron chi connectivity index (χ1n) is 5.37. The second kappa shape index (κ2) is 5.95. The van der Waals surface area contributed by atoms with Crippen molar-refractivity contribution in [2.24, 2.45) is 0 Å². The molecule has 0 bridgehead atoms. The number of alkyl halides is 3. The summed E-state index contributed by atoms with van der Waals surface area (Å²) in [5.41, 5.74) is -0.744. The minimum absolute atomic E-state index is 0.0124. The smallest absolute Gasteiger partial charge is 0.416 e. The third-order valence-corrected chi connectivity index (χ3v) is 2.54. The lowest BCUT2D eigenvalue weighted by molar-refractivity contribution is -0.138. The van der Waals surface area contributed by atoms with E-state index >= 15 is 0 Å². The molecule has 0 heterocycles. The maximum Gasteiger partial charge on any atom is 0.416 e. The normalized spacial score (nSPS) is 11.4. The standard InChI is InChI=1S/C12H15F3O3/c1-17-10-6-5-9(12(13,14)15)8(4-3-7-16)11(10)18-2/h5-6,16H,3-4,7H2,1-2H3. The van der Waals surface area contributed by atoms with E-state index in [1.165, 1.54) is 20.3 Å². The number of rotatable bonds is 5. The highest BCUT2D eigenvalue weighted by Crippen LogP contribution is 2.41. The van der Waals surface area contributed by atoms with Crippen LogP contribution in [0.4, 0.5) is 13.2 Å². The average molecular weight is 264 g/mol. The van der Waals surface area contributed by atoms with Crippen molar-refractivity contribution in [3.8, 4) is 11.5 Å². The maximum atomic E-state index is 12.9. The Labute approximate surface area is 103 Å². The van der Waals surface area contributed by atoms with E-state index in [9.17, 15) is 13.2 Å². The zero-order valence-electron chi connectivity index (χ0n) is 10.2. The van der Waals surface area contributed by atoms with Crippen molar-refractivity contribution in [2.45, 2.75) is 19.0 Å². The Morgan fingerprint density at radius 1 is 1.17 bits per heavy atom. The monoisotopic (exact) mass is 264 g/mol. The van der Waals surface area contributed by atoms with E-state index in [4.69, 9.17) is 14.6 Å². The molecule has 0 unspecified atom stereocenters. The molecule has 1 N–H and O–H groups in total.